The number of rotatable bonds is 7. The molecule has 98 valence electrons. The predicted octanol–water partition coefficient (Wildman–Crippen LogP) is 3.86. The molecule has 0 aliphatic carbocycles. The van der Waals surface area contributed by atoms with Gasteiger partial charge in [0.1, 0.15) is 5.54 Å². The van der Waals surface area contributed by atoms with Crippen LogP contribution in [-0.2, 0) is 5.75 Å². The molecule has 1 unspecified atom stereocenters. The van der Waals surface area contributed by atoms with E-state index in [0.29, 0.717) is 0 Å². The zero-order chi connectivity index (χ0) is 13.4. The van der Waals surface area contributed by atoms with Gasteiger partial charge in [0.05, 0.1) is 6.07 Å². The third-order valence-corrected chi connectivity index (χ3v) is 4.15. The summed E-state index contributed by atoms with van der Waals surface area (Å²) < 4.78 is 0. The molecule has 0 aliphatic heterocycles. The van der Waals surface area contributed by atoms with Crippen molar-refractivity contribution < 1.29 is 0 Å². The van der Waals surface area contributed by atoms with Crippen molar-refractivity contribution in [1.29, 1.82) is 5.26 Å². The van der Waals surface area contributed by atoms with Crippen LogP contribution in [0.2, 0.25) is 5.02 Å². The Morgan fingerprint density at radius 3 is 2.78 bits per heavy atom. The lowest BCUT2D eigenvalue weighted by atomic mass is 10.0. The van der Waals surface area contributed by atoms with Crippen molar-refractivity contribution in [1.82, 2.24) is 5.32 Å². The first-order valence-corrected chi connectivity index (χ1v) is 7.62. The maximum Gasteiger partial charge on any atom is 0.104 e. The number of hydrogen-bond acceptors (Lipinski definition) is 3. The Morgan fingerprint density at radius 2 is 2.17 bits per heavy atom. The predicted molar refractivity (Wildman–Crippen MR) is 79.9 cm³/mol. The summed E-state index contributed by atoms with van der Waals surface area (Å²) in [7, 11) is 0. The maximum atomic E-state index is 9.13. The smallest absolute Gasteiger partial charge is 0.104 e. The van der Waals surface area contributed by atoms with Gasteiger partial charge in [-0.3, -0.25) is 5.32 Å². The second kappa shape index (κ2) is 7.68. The Kier molecular flexibility index (Phi) is 6.56. The van der Waals surface area contributed by atoms with E-state index >= 15 is 0 Å². The summed E-state index contributed by atoms with van der Waals surface area (Å²) in [6, 6.07) is 10.2. The average Bonchev–Trinajstić information content (AvgIpc) is 2.37. The van der Waals surface area contributed by atoms with Crippen LogP contribution in [-0.4, -0.2) is 17.8 Å². The Labute approximate surface area is 119 Å². The molecule has 0 amide bonds. The minimum absolute atomic E-state index is 0.414. The summed E-state index contributed by atoms with van der Waals surface area (Å²) in [5, 5.41) is 13.2. The number of benzene rings is 1. The van der Waals surface area contributed by atoms with Gasteiger partial charge in [-0.1, -0.05) is 36.7 Å². The molecule has 0 aromatic heterocycles. The third-order valence-electron chi connectivity index (χ3n) is 2.78. The van der Waals surface area contributed by atoms with Crippen molar-refractivity contribution in [2.24, 2.45) is 0 Å². The van der Waals surface area contributed by atoms with Crippen molar-refractivity contribution in [3.05, 3.63) is 34.9 Å². The lowest BCUT2D eigenvalue weighted by molar-refractivity contribution is 0.450. The van der Waals surface area contributed by atoms with Crippen LogP contribution in [0.4, 0.5) is 0 Å². The topological polar surface area (TPSA) is 35.8 Å². The van der Waals surface area contributed by atoms with Crippen LogP contribution in [0, 0.1) is 11.3 Å². The summed E-state index contributed by atoms with van der Waals surface area (Å²) in [6.07, 6.45) is 0.840. The highest BCUT2D eigenvalue weighted by molar-refractivity contribution is 7.98. The number of hydrogen-bond donors (Lipinski definition) is 1. The van der Waals surface area contributed by atoms with Gasteiger partial charge >= 0.3 is 0 Å². The van der Waals surface area contributed by atoms with Crippen molar-refractivity contribution in [3.8, 4) is 6.07 Å². The Hall–Kier alpha value is -0.690. The van der Waals surface area contributed by atoms with E-state index in [1.54, 1.807) is 0 Å². The van der Waals surface area contributed by atoms with Crippen LogP contribution < -0.4 is 5.32 Å². The molecule has 1 aromatic rings. The van der Waals surface area contributed by atoms with Crippen molar-refractivity contribution in [2.75, 3.05) is 12.3 Å². The van der Waals surface area contributed by atoms with E-state index in [-0.39, 0.29) is 0 Å². The molecule has 1 atom stereocenters. The molecule has 0 saturated heterocycles. The molecule has 0 saturated carbocycles. The zero-order valence-corrected chi connectivity index (χ0v) is 12.4. The molecule has 0 fully saturated rings. The number of halogens is 1. The van der Waals surface area contributed by atoms with E-state index in [1.807, 2.05) is 49.9 Å². The molecule has 0 bridgehead atoms. The van der Waals surface area contributed by atoms with E-state index in [4.69, 9.17) is 16.9 Å². The van der Waals surface area contributed by atoms with Gasteiger partial charge in [0.2, 0.25) is 0 Å². The zero-order valence-electron chi connectivity index (χ0n) is 10.9. The van der Waals surface area contributed by atoms with E-state index in [0.717, 1.165) is 35.1 Å². The minimum atomic E-state index is -0.414. The normalized spacial score (nSPS) is 13.9. The third kappa shape index (κ3) is 4.89. The molecule has 18 heavy (non-hydrogen) atoms. The molecular weight excluding hydrogens is 264 g/mol. The first-order chi connectivity index (χ1) is 8.61. The Balaban J connectivity index is 2.35. The molecule has 1 aromatic carbocycles. The highest BCUT2D eigenvalue weighted by atomic mass is 35.5. The SMILES string of the molecule is CCNC(C)(C#N)CCSCc1ccccc1Cl. The average molecular weight is 283 g/mol. The lowest BCUT2D eigenvalue weighted by Crippen LogP contribution is -2.41. The largest absolute Gasteiger partial charge is 0.300 e. The summed E-state index contributed by atoms with van der Waals surface area (Å²) in [5.41, 5.74) is 0.744. The molecule has 0 radical (unpaired) electrons. The van der Waals surface area contributed by atoms with Crippen LogP contribution in [0.3, 0.4) is 0 Å². The molecule has 0 aliphatic rings. The second-order valence-electron chi connectivity index (χ2n) is 4.37. The van der Waals surface area contributed by atoms with Crippen LogP contribution >= 0.6 is 23.4 Å². The van der Waals surface area contributed by atoms with Gasteiger partial charge in [-0.25, -0.2) is 0 Å². The second-order valence-corrected chi connectivity index (χ2v) is 5.88. The fraction of sp³-hybridized carbons (Fsp3) is 0.500. The first kappa shape index (κ1) is 15.4. The van der Waals surface area contributed by atoms with E-state index in [9.17, 15) is 0 Å². The highest BCUT2D eigenvalue weighted by Crippen LogP contribution is 2.22. The van der Waals surface area contributed by atoms with Crippen molar-refractivity contribution in [3.63, 3.8) is 0 Å². The van der Waals surface area contributed by atoms with Crippen molar-refractivity contribution in [2.45, 2.75) is 31.6 Å². The summed E-state index contributed by atoms with van der Waals surface area (Å²) in [5.74, 6) is 1.84. The maximum absolute atomic E-state index is 9.13. The number of thioether (sulfide) groups is 1. The molecule has 1 N–H and O–H groups in total. The van der Waals surface area contributed by atoms with Gasteiger partial charge in [-0.05, 0) is 37.3 Å². The summed E-state index contributed by atoms with van der Waals surface area (Å²) in [6.45, 7) is 4.79. The summed E-state index contributed by atoms with van der Waals surface area (Å²) >= 11 is 7.91. The number of nitrogens with one attached hydrogen (secondary N) is 1. The van der Waals surface area contributed by atoms with Gasteiger partial charge in [0, 0.05) is 10.8 Å². The van der Waals surface area contributed by atoms with Gasteiger partial charge in [-0.2, -0.15) is 17.0 Å². The van der Waals surface area contributed by atoms with Gasteiger partial charge in [0.15, 0.2) is 0 Å². The molecule has 0 heterocycles. The van der Waals surface area contributed by atoms with Crippen LogP contribution in [0.1, 0.15) is 25.8 Å². The van der Waals surface area contributed by atoms with Crippen LogP contribution in [0.25, 0.3) is 0 Å². The van der Waals surface area contributed by atoms with Crippen LogP contribution in [0.5, 0.6) is 0 Å². The summed E-state index contributed by atoms with van der Waals surface area (Å²) in [4.78, 5) is 0. The van der Waals surface area contributed by atoms with Gasteiger partial charge < -0.3 is 0 Å². The minimum Gasteiger partial charge on any atom is -0.300 e. The molecule has 4 heteroatoms. The molecular formula is C14H19ClN2S. The molecule has 1 rings (SSSR count). The van der Waals surface area contributed by atoms with Crippen LogP contribution in [0.15, 0.2) is 24.3 Å². The van der Waals surface area contributed by atoms with E-state index < -0.39 is 5.54 Å². The fourth-order valence-electron chi connectivity index (χ4n) is 1.65. The fourth-order valence-corrected chi connectivity index (χ4v) is 3.10. The monoisotopic (exact) mass is 282 g/mol. The number of nitriles is 1. The molecule has 0 spiro atoms. The lowest BCUT2D eigenvalue weighted by Gasteiger charge is -2.22. The van der Waals surface area contributed by atoms with E-state index in [2.05, 4.69) is 11.4 Å². The first-order valence-electron chi connectivity index (χ1n) is 6.09. The standard InChI is InChI=1S/C14H19ClN2S/c1-3-17-14(2,11-16)8-9-18-10-12-6-4-5-7-13(12)15/h4-7,17H,3,8-10H2,1-2H3. The Bertz CT molecular complexity index is 417. The van der Waals surface area contributed by atoms with Gasteiger partial charge in [-0.15, -0.1) is 0 Å². The number of nitrogens with zero attached hydrogens (tertiary/aromatic N) is 1. The van der Waals surface area contributed by atoms with Gasteiger partial charge in [0.25, 0.3) is 0 Å². The highest BCUT2D eigenvalue weighted by Gasteiger charge is 2.21. The van der Waals surface area contributed by atoms with E-state index in [1.165, 1.54) is 0 Å². The quantitative estimate of drug-likeness (QED) is 0.772. The van der Waals surface area contributed by atoms with Crippen molar-refractivity contribution >= 4 is 23.4 Å². The Morgan fingerprint density at radius 1 is 1.44 bits per heavy atom. The molecule has 2 nitrogen and oxygen atoms in total.